The highest BCUT2D eigenvalue weighted by molar-refractivity contribution is 5.79. The summed E-state index contributed by atoms with van der Waals surface area (Å²) < 4.78 is 4.87. The summed E-state index contributed by atoms with van der Waals surface area (Å²) in [6.45, 7) is 1.36. The van der Waals surface area contributed by atoms with Crippen molar-refractivity contribution >= 4 is 22.9 Å². The lowest BCUT2D eigenvalue weighted by Gasteiger charge is -2.30. The Kier molecular flexibility index (Phi) is 5.45. The molecule has 1 aromatic heterocycles. The highest BCUT2D eigenvalue weighted by atomic mass is 16.6. The summed E-state index contributed by atoms with van der Waals surface area (Å²) in [6, 6.07) is 11.5. The minimum atomic E-state index is -0.683. The predicted octanol–water partition coefficient (Wildman–Crippen LogP) is 1.49. The first kappa shape index (κ1) is 17.2. The molecule has 132 valence electrons. The number of nitrogens with one attached hydrogen (secondary N) is 2. The average Bonchev–Trinajstić information content (AvgIpc) is 2.65. The van der Waals surface area contributed by atoms with Gasteiger partial charge in [-0.25, -0.2) is 4.79 Å². The third-order valence-electron chi connectivity index (χ3n) is 4.41. The number of benzene rings is 1. The van der Waals surface area contributed by atoms with Crippen LogP contribution in [0.3, 0.4) is 0 Å². The van der Waals surface area contributed by atoms with E-state index in [1.165, 1.54) is 0 Å². The molecule has 1 saturated heterocycles. The maximum absolute atomic E-state index is 12.1. The fourth-order valence-electron chi connectivity index (χ4n) is 3.17. The highest BCUT2D eigenvalue weighted by Gasteiger charge is 2.28. The van der Waals surface area contributed by atoms with Crippen LogP contribution in [0.15, 0.2) is 36.4 Å². The van der Waals surface area contributed by atoms with Crippen molar-refractivity contribution in [2.75, 3.05) is 19.7 Å². The lowest BCUT2D eigenvalue weighted by atomic mass is 9.88. The van der Waals surface area contributed by atoms with Crippen LogP contribution in [0.2, 0.25) is 0 Å². The van der Waals surface area contributed by atoms with Crippen LogP contribution in [-0.4, -0.2) is 36.7 Å². The molecule has 0 aliphatic carbocycles. The fraction of sp³-hybridized carbons (Fsp3) is 0.389. The molecule has 1 aliphatic heterocycles. The molecule has 0 spiro atoms. The molecule has 0 radical (unpaired) electrons. The van der Waals surface area contributed by atoms with Crippen LogP contribution < -0.4 is 16.4 Å². The summed E-state index contributed by atoms with van der Waals surface area (Å²) >= 11 is 0. The van der Waals surface area contributed by atoms with Gasteiger partial charge in [0.2, 0.25) is 0 Å². The molecule has 2 aromatic rings. The first-order chi connectivity index (χ1) is 12.1. The van der Waals surface area contributed by atoms with Crippen LogP contribution in [0, 0.1) is 5.92 Å². The number of carbonyl (C=O) groups excluding carboxylic acids is 2. The number of primary amides is 1. The Morgan fingerprint density at radius 2 is 2.00 bits per heavy atom. The van der Waals surface area contributed by atoms with Gasteiger partial charge in [0, 0.05) is 5.39 Å². The molecule has 4 N–H and O–H groups in total. The summed E-state index contributed by atoms with van der Waals surface area (Å²) in [5.74, 6) is -0.437. The molecule has 1 atom stereocenters. The van der Waals surface area contributed by atoms with E-state index in [1.54, 1.807) is 0 Å². The summed E-state index contributed by atoms with van der Waals surface area (Å²) in [6.07, 6.45) is 1.20. The summed E-state index contributed by atoms with van der Waals surface area (Å²) in [5.41, 5.74) is 6.70. The highest BCUT2D eigenvalue weighted by Crippen LogP contribution is 2.29. The van der Waals surface area contributed by atoms with Gasteiger partial charge in [-0.2, -0.15) is 0 Å². The molecular formula is C18H22N4O3. The number of aromatic nitrogens is 1. The van der Waals surface area contributed by atoms with Crippen molar-refractivity contribution in [1.29, 1.82) is 0 Å². The molecule has 7 nitrogen and oxygen atoms in total. The van der Waals surface area contributed by atoms with E-state index in [1.807, 2.05) is 36.4 Å². The zero-order valence-corrected chi connectivity index (χ0v) is 13.9. The van der Waals surface area contributed by atoms with Gasteiger partial charge >= 0.3 is 6.09 Å². The lowest BCUT2D eigenvalue weighted by Crippen LogP contribution is -2.40. The number of piperidine rings is 1. The molecular weight excluding hydrogens is 320 g/mol. The third-order valence-corrected chi connectivity index (χ3v) is 4.41. The maximum Gasteiger partial charge on any atom is 0.408 e. The SMILES string of the molecule is NC(=O)COC(=O)NC(c1ccc2ccccc2n1)C1CCNCC1. The largest absolute Gasteiger partial charge is 0.439 e. The van der Waals surface area contributed by atoms with Gasteiger partial charge in [-0.15, -0.1) is 0 Å². The number of rotatable bonds is 5. The monoisotopic (exact) mass is 342 g/mol. The van der Waals surface area contributed by atoms with Gasteiger partial charge in [0.05, 0.1) is 17.3 Å². The van der Waals surface area contributed by atoms with Gasteiger partial charge in [0.25, 0.3) is 5.91 Å². The van der Waals surface area contributed by atoms with E-state index in [4.69, 9.17) is 15.5 Å². The maximum atomic E-state index is 12.1. The molecule has 1 aliphatic rings. The van der Waals surface area contributed by atoms with Crippen LogP contribution >= 0.6 is 0 Å². The number of nitrogens with two attached hydrogens (primary N) is 1. The molecule has 1 unspecified atom stereocenters. The Bertz CT molecular complexity index is 759. The van der Waals surface area contributed by atoms with E-state index in [9.17, 15) is 9.59 Å². The lowest BCUT2D eigenvalue weighted by molar-refractivity contribution is -0.120. The predicted molar refractivity (Wildman–Crippen MR) is 93.8 cm³/mol. The smallest absolute Gasteiger partial charge is 0.408 e. The van der Waals surface area contributed by atoms with Gasteiger partial charge in [0.1, 0.15) is 0 Å². The van der Waals surface area contributed by atoms with Crippen LogP contribution in [0.1, 0.15) is 24.6 Å². The number of hydrogen-bond donors (Lipinski definition) is 3. The minimum absolute atomic E-state index is 0.246. The van der Waals surface area contributed by atoms with Gasteiger partial charge in [-0.1, -0.05) is 24.3 Å². The van der Waals surface area contributed by atoms with E-state index < -0.39 is 18.6 Å². The normalized spacial score (nSPS) is 16.3. The summed E-state index contributed by atoms with van der Waals surface area (Å²) in [7, 11) is 0. The standard InChI is InChI=1S/C18H22N4O3/c19-16(23)11-25-18(24)22-17(13-7-9-20-10-8-13)15-6-5-12-3-1-2-4-14(12)21-15/h1-6,13,17,20H,7-11H2,(H2,19,23)(H,22,24). The van der Waals surface area contributed by atoms with Gasteiger partial charge in [-0.05, 0) is 44.0 Å². The quantitative estimate of drug-likeness (QED) is 0.763. The molecule has 25 heavy (non-hydrogen) atoms. The molecule has 3 rings (SSSR count). The summed E-state index contributed by atoms with van der Waals surface area (Å²) in [5, 5.41) is 7.23. The molecule has 1 aromatic carbocycles. The second-order valence-corrected chi connectivity index (χ2v) is 6.18. The fourth-order valence-corrected chi connectivity index (χ4v) is 3.17. The molecule has 7 heteroatoms. The zero-order valence-electron chi connectivity index (χ0n) is 13.9. The van der Waals surface area contributed by atoms with Crippen molar-refractivity contribution in [2.24, 2.45) is 11.7 Å². The Labute approximate surface area is 145 Å². The number of carbonyl (C=O) groups is 2. The van der Waals surface area contributed by atoms with E-state index in [0.717, 1.165) is 42.5 Å². The Morgan fingerprint density at radius 3 is 2.76 bits per heavy atom. The van der Waals surface area contributed by atoms with Crippen molar-refractivity contribution in [3.05, 3.63) is 42.1 Å². The van der Waals surface area contributed by atoms with Gasteiger partial charge in [0.15, 0.2) is 6.61 Å². The number of alkyl carbamates (subject to hydrolysis) is 1. The number of nitrogens with zero attached hydrogens (tertiary/aromatic N) is 1. The Balaban J connectivity index is 1.83. The first-order valence-corrected chi connectivity index (χ1v) is 8.41. The number of para-hydroxylation sites is 1. The third kappa shape index (κ3) is 4.45. The van der Waals surface area contributed by atoms with Crippen molar-refractivity contribution in [2.45, 2.75) is 18.9 Å². The van der Waals surface area contributed by atoms with E-state index in [2.05, 4.69) is 10.6 Å². The first-order valence-electron chi connectivity index (χ1n) is 8.41. The second kappa shape index (κ2) is 7.94. The van der Waals surface area contributed by atoms with Crippen molar-refractivity contribution < 1.29 is 14.3 Å². The number of amides is 2. The molecule has 0 bridgehead atoms. The van der Waals surface area contributed by atoms with E-state index >= 15 is 0 Å². The molecule has 1 fully saturated rings. The number of pyridine rings is 1. The number of fused-ring (bicyclic) bond motifs is 1. The average molecular weight is 342 g/mol. The molecule has 0 saturated carbocycles. The summed E-state index contributed by atoms with van der Waals surface area (Å²) in [4.78, 5) is 27.6. The van der Waals surface area contributed by atoms with Crippen LogP contribution in [0.4, 0.5) is 4.79 Å². The van der Waals surface area contributed by atoms with Crippen LogP contribution in [-0.2, 0) is 9.53 Å². The number of hydrogen-bond acceptors (Lipinski definition) is 5. The Morgan fingerprint density at radius 1 is 1.24 bits per heavy atom. The molecule has 2 heterocycles. The van der Waals surface area contributed by atoms with Gasteiger partial charge in [-0.3, -0.25) is 9.78 Å². The second-order valence-electron chi connectivity index (χ2n) is 6.18. The van der Waals surface area contributed by atoms with Crippen molar-refractivity contribution in [3.63, 3.8) is 0 Å². The topological polar surface area (TPSA) is 106 Å². The zero-order chi connectivity index (χ0) is 17.6. The minimum Gasteiger partial charge on any atom is -0.439 e. The van der Waals surface area contributed by atoms with Crippen LogP contribution in [0.25, 0.3) is 10.9 Å². The number of ether oxygens (including phenoxy) is 1. The van der Waals surface area contributed by atoms with Crippen molar-refractivity contribution in [1.82, 2.24) is 15.6 Å². The van der Waals surface area contributed by atoms with E-state index in [0.29, 0.717) is 0 Å². The van der Waals surface area contributed by atoms with Gasteiger partial charge < -0.3 is 21.1 Å². The molecule has 2 amide bonds. The van der Waals surface area contributed by atoms with E-state index in [-0.39, 0.29) is 12.0 Å². The van der Waals surface area contributed by atoms with Crippen molar-refractivity contribution in [3.8, 4) is 0 Å². The van der Waals surface area contributed by atoms with Crippen LogP contribution in [0.5, 0.6) is 0 Å². The Hall–Kier alpha value is -2.67.